The molecule has 3 aliphatic rings. The van der Waals surface area contributed by atoms with Gasteiger partial charge in [-0.1, -0.05) is 68.8 Å². The molecular weight excluding hydrogens is 522 g/mol. The normalized spacial score (nSPS) is 28.4. The van der Waals surface area contributed by atoms with Crippen molar-refractivity contribution in [3.63, 3.8) is 0 Å². The van der Waals surface area contributed by atoms with Crippen molar-refractivity contribution in [3.05, 3.63) is 72.8 Å². The summed E-state index contributed by atoms with van der Waals surface area (Å²) in [6.07, 6.45) is 2.19. The first-order chi connectivity index (χ1) is 19.4. The molecule has 0 aromatic heterocycles. The number of hydrogen-bond donors (Lipinski definition) is 3. The van der Waals surface area contributed by atoms with Gasteiger partial charge in [0.1, 0.15) is 6.04 Å². The topological polar surface area (TPSA) is 98.7 Å². The van der Waals surface area contributed by atoms with E-state index in [1.54, 1.807) is 16.7 Å². The van der Waals surface area contributed by atoms with E-state index in [1.807, 2.05) is 86.6 Å². The van der Waals surface area contributed by atoms with Crippen molar-refractivity contribution in [3.8, 4) is 0 Å². The molecule has 3 N–H and O–H groups in total. The molecule has 1 spiro atoms. The van der Waals surface area contributed by atoms with Gasteiger partial charge >= 0.3 is 0 Å². The number of carbonyl (C=O) groups excluding carboxylic acids is 3. The third-order valence-electron chi connectivity index (χ3n) is 9.19. The zero-order chi connectivity index (χ0) is 28.0. The van der Waals surface area contributed by atoms with Gasteiger partial charge in [-0.05, 0) is 53.8 Å². The highest BCUT2D eigenvalue weighted by molar-refractivity contribution is 8.02. The van der Waals surface area contributed by atoms with Crippen molar-refractivity contribution < 1.29 is 19.5 Å². The van der Waals surface area contributed by atoms with Crippen LogP contribution in [0.1, 0.15) is 33.1 Å². The average molecular weight is 558 g/mol. The summed E-state index contributed by atoms with van der Waals surface area (Å²) in [4.78, 5) is 43.9. The van der Waals surface area contributed by atoms with Gasteiger partial charge in [0.15, 0.2) is 0 Å². The van der Waals surface area contributed by atoms with Crippen molar-refractivity contribution >= 4 is 51.6 Å². The van der Waals surface area contributed by atoms with Gasteiger partial charge in [0.2, 0.25) is 17.7 Å². The van der Waals surface area contributed by atoms with E-state index in [1.165, 1.54) is 0 Å². The Kier molecular flexibility index (Phi) is 7.09. The number of likely N-dealkylation sites (tertiary alicyclic amines) is 1. The molecule has 3 amide bonds. The fourth-order valence-electron chi connectivity index (χ4n) is 7.09. The Labute approximate surface area is 238 Å². The van der Waals surface area contributed by atoms with Crippen LogP contribution in [0, 0.1) is 17.8 Å². The summed E-state index contributed by atoms with van der Waals surface area (Å²) < 4.78 is -0.720. The van der Waals surface area contributed by atoms with Crippen LogP contribution in [0.2, 0.25) is 0 Å². The highest BCUT2D eigenvalue weighted by Crippen LogP contribution is 2.67. The predicted octanol–water partition coefficient (Wildman–Crippen LogP) is 4.92. The van der Waals surface area contributed by atoms with Crippen molar-refractivity contribution in [2.45, 2.75) is 55.2 Å². The van der Waals surface area contributed by atoms with E-state index in [9.17, 15) is 19.5 Å². The highest BCUT2D eigenvalue weighted by atomic mass is 32.2. The molecule has 208 valence electrons. The summed E-state index contributed by atoms with van der Waals surface area (Å²) >= 11 is 1.63. The van der Waals surface area contributed by atoms with Gasteiger partial charge in [-0.25, -0.2) is 0 Å². The summed E-state index contributed by atoms with van der Waals surface area (Å²) in [6.45, 7) is 3.79. The summed E-state index contributed by atoms with van der Waals surface area (Å²) in [5, 5.41) is 18.7. The van der Waals surface area contributed by atoms with Gasteiger partial charge in [-0.2, -0.15) is 0 Å². The fraction of sp³-hybridized carbons (Fsp3) is 0.406. The Morgan fingerprint density at radius 3 is 2.42 bits per heavy atom. The summed E-state index contributed by atoms with van der Waals surface area (Å²) in [5.74, 6) is -1.80. The van der Waals surface area contributed by atoms with Gasteiger partial charge in [0.25, 0.3) is 0 Å². The van der Waals surface area contributed by atoms with Crippen molar-refractivity contribution in [2.24, 2.45) is 17.8 Å². The van der Waals surface area contributed by atoms with E-state index >= 15 is 0 Å². The number of benzene rings is 3. The number of aliphatic hydroxyl groups is 1. The third-order valence-corrected chi connectivity index (χ3v) is 11.1. The number of rotatable bonds is 8. The van der Waals surface area contributed by atoms with Crippen LogP contribution in [-0.2, 0) is 14.4 Å². The van der Waals surface area contributed by atoms with E-state index < -0.39 is 28.7 Å². The van der Waals surface area contributed by atoms with Crippen molar-refractivity contribution in [1.82, 2.24) is 4.90 Å². The number of nitrogens with zero attached hydrogens (tertiary/aromatic N) is 1. The van der Waals surface area contributed by atoms with E-state index in [-0.39, 0.29) is 35.5 Å². The van der Waals surface area contributed by atoms with Gasteiger partial charge in [-0.15, -0.1) is 11.8 Å². The molecule has 40 heavy (non-hydrogen) atoms. The Morgan fingerprint density at radius 1 is 1.00 bits per heavy atom. The SMILES string of the molecule is CC[C@H](C)[C@H](CO)N1C(=O)[C@@H]2[C@H](C(=O)Nc3ccccc3)[C@@H]3CCC2(S3)C1C(=O)Nc1ccc2ccccc2c1. The highest BCUT2D eigenvalue weighted by Gasteiger charge is 2.74. The second kappa shape index (κ2) is 10.6. The molecular formula is C32H35N3O4S. The smallest absolute Gasteiger partial charge is 0.248 e. The van der Waals surface area contributed by atoms with Crippen LogP contribution in [0.15, 0.2) is 72.8 Å². The molecule has 3 aliphatic heterocycles. The molecule has 8 heteroatoms. The lowest BCUT2D eigenvalue weighted by Crippen LogP contribution is -2.56. The van der Waals surface area contributed by atoms with Gasteiger partial charge < -0.3 is 20.6 Å². The summed E-state index contributed by atoms with van der Waals surface area (Å²) in [5.41, 5.74) is 1.35. The number of carbonyl (C=O) groups is 3. The van der Waals surface area contributed by atoms with Crippen molar-refractivity contribution in [2.75, 3.05) is 17.2 Å². The summed E-state index contributed by atoms with van der Waals surface area (Å²) in [7, 11) is 0. The van der Waals surface area contributed by atoms with E-state index in [0.717, 1.165) is 23.6 Å². The number of thioether (sulfide) groups is 1. The Morgan fingerprint density at radius 2 is 1.70 bits per heavy atom. The second-order valence-corrected chi connectivity index (χ2v) is 12.9. The molecule has 0 aliphatic carbocycles. The maximum Gasteiger partial charge on any atom is 0.248 e. The predicted molar refractivity (Wildman–Crippen MR) is 159 cm³/mol. The van der Waals surface area contributed by atoms with Crippen LogP contribution in [0.5, 0.6) is 0 Å². The van der Waals surface area contributed by atoms with Crippen LogP contribution in [0.25, 0.3) is 10.8 Å². The minimum absolute atomic E-state index is 0.0149. The zero-order valence-electron chi connectivity index (χ0n) is 22.7. The van der Waals surface area contributed by atoms with Crippen LogP contribution in [0.4, 0.5) is 11.4 Å². The molecule has 3 aromatic rings. The fourth-order valence-corrected chi connectivity index (χ4v) is 9.29. The van der Waals surface area contributed by atoms with E-state index in [0.29, 0.717) is 17.8 Å². The van der Waals surface area contributed by atoms with Gasteiger partial charge in [0.05, 0.1) is 29.2 Å². The number of fused-ring (bicyclic) bond motifs is 2. The number of aliphatic hydroxyl groups excluding tert-OH is 1. The molecule has 0 radical (unpaired) electrons. The summed E-state index contributed by atoms with van der Waals surface area (Å²) in [6, 6.07) is 21.7. The molecule has 7 atom stereocenters. The minimum atomic E-state index is -0.785. The lowest BCUT2D eigenvalue weighted by molar-refractivity contribution is -0.142. The number of anilines is 2. The Hall–Kier alpha value is -3.36. The number of para-hydroxylation sites is 1. The molecule has 2 bridgehead atoms. The molecule has 3 saturated heterocycles. The lowest BCUT2D eigenvalue weighted by Gasteiger charge is -2.39. The van der Waals surface area contributed by atoms with Crippen molar-refractivity contribution in [1.29, 1.82) is 0 Å². The maximum absolute atomic E-state index is 14.3. The largest absolute Gasteiger partial charge is 0.394 e. The van der Waals surface area contributed by atoms with Crippen LogP contribution in [0.3, 0.4) is 0 Å². The molecule has 3 heterocycles. The van der Waals surface area contributed by atoms with Gasteiger partial charge in [0, 0.05) is 16.6 Å². The first kappa shape index (κ1) is 26.8. The quantitative estimate of drug-likeness (QED) is 0.365. The minimum Gasteiger partial charge on any atom is -0.394 e. The first-order valence-electron chi connectivity index (χ1n) is 14.1. The van der Waals surface area contributed by atoms with Crippen LogP contribution >= 0.6 is 11.8 Å². The second-order valence-electron chi connectivity index (χ2n) is 11.3. The molecule has 7 nitrogen and oxygen atoms in total. The van der Waals surface area contributed by atoms with Gasteiger partial charge in [-0.3, -0.25) is 14.4 Å². The monoisotopic (exact) mass is 557 g/mol. The zero-order valence-corrected chi connectivity index (χ0v) is 23.6. The third kappa shape index (κ3) is 4.29. The standard InChI is InChI=1S/C32H35N3O4S/c1-3-19(2)24(18-36)35-28(30(38)34-23-14-13-20-9-7-8-10-21(20)17-23)32-16-15-25(40-32)26(27(32)31(35)39)29(37)33-22-11-5-4-6-12-22/h4-14,17,19,24-28,36H,3,15-16,18H2,1-2H3,(H,33,37)(H,34,38)/t19-,24-,25-,26+,27-,28?,32?/m0/s1. The Balaban J connectivity index is 1.37. The van der Waals surface area contributed by atoms with Crippen LogP contribution in [-0.4, -0.2) is 56.4 Å². The first-order valence-corrected chi connectivity index (χ1v) is 15.0. The molecule has 0 saturated carbocycles. The number of nitrogens with one attached hydrogen (secondary N) is 2. The van der Waals surface area contributed by atoms with E-state index in [4.69, 9.17) is 0 Å². The number of hydrogen-bond acceptors (Lipinski definition) is 5. The number of amides is 3. The lowest BCUT2D eigenvalue weighted by atomic mass is 9.70. The average Bonchev–Trinajstić information content (AvgIpc) is 3.61. The van der Waals surface area contributed by atoms with E-state index in [2.05, 4.69) is 10.6 Å². The molecule has 3 aromatic carbocycles. The molecule has 6 rings (SSSR count). The Bertz CT molecular complexity index is 1450. The molecule has 3 fully saturated rings. The van der Waals surface area contributed by atoms with Crippen LogP contribution < -0.4 is 10.6 Å². The maximum atomic E-state index is 14.3. The molecule has 2 unspecified atom stereocenters.